The molecule has 106 valence electrons. The van der Waals surface area contributed by atoms with Crippen LogP contribution >= 0.6 is 0 Å². The number of nitrogens with one attached hydrogen (secondary N) is 1. The van der Waals surface area contributed by atoms with E-state index in [1.54, 1.807) is 24.3 Å². The van der Waals surface area contributed by atoms with Crippen molar-refractivity contribution in [2.75, 3.05) is 0 Å². The Morgan fingerprint density at radius 1 is 1.10 bits per heavy atom. The van der Waals surface area contributed by atoms with Gasteiger partial charge in [0.05, 0.1) is 10.6 Å². The summed E-state index contributed by atoms with van der Waals surface area (Å²) in [5.41, 5.74) is 2.00. The van der Waals surface area contributed by atoms with Gasteiger partial charge in [-0.1, -0.05) is 36.3 Å². The van der Waals surface area contributed by atoms with Crippen molar-refractivity contribution in [1.29, 1.82) is 0 Å². The van der Waals surface area contributed by atoms with Crippen LogP contribution in [0.3, 0.4) is 0 Å². The van der Waals surface area contributed by atoms with E-state index >= 15 is 0 Å². The van der Waals surface area contributed by atoms with Crippen LogP contribution in [0.15, 0.2) is 46.4 Å². The number of benzene rings is 1. The lowest BCUT2D eigenvalue weighted by Gasteiger charge is -2.21. The summed E-state index contributed by atoms with van der Waals surface area (Å²) in [6.45, 7) is 1.93. The first-order valence-electron chi connectivity index (χ1n) is 6.90. The lowest BCUT2D eigenvalue weighted by molar-refractivity contribution is 0.558. The number of hydrogen-bond donors (Lipinski definition) is 1. The maximum Gasteiger partial charge on any atom is 0.276 e. The SMILES string of the molecule is Cc1ccc(S(=O)(=O)NN=C2C3C=CC2CCC3)cc1. The van der Waals surface area contributed by atoms with Gasteiger partial charge < -0.3 is 0 Å². The van der Waals surface area contributed by atoms with Crippen LogP contribution in [-0.2, 0) is 10.0 Å². The third-order valence-electron chi connectivity index (χ3n) is 3.99. The van der Waals surface area contributed by atoms with Gasteiger partial charge in [-0.25, -0.2) is 4.83 Å². The topological polar surface area (TPSA) is 58.5 Å². The van der Waals surface area contributed by atoms with Gasteiger partial charge in [0.15, 0.2) is 0 Å². The van der Waals surface area contributed by atoms with Gasteiger partial charge in [-0.05, 0) is 31.9 Å². The molecule has 0 aliphatic heterocycles. The Balaban J connectivity index is 1.79. The van der Waals surface area contributed by atoms with Crippen molar-refractivity contribution in [3.63, 3.8) is 0 Å². The number of fused-ring (bicyclic) bond motifs is 2. The summed E-state index contributed by atoms with van der Waals surface area (Å²) in [5.74, 6) is 0.629. The molecular weight excluding hydrogens is 272 g/mol. The van der Waals surface area contributed by atoms with Crippen molar-refractivity contribution in [2.45, 2.75) is 31.1 Å². The standard InChI is InChI=1S/C15H18N2O2S/c1-11-5-9-14(10-6-11)20(18,19)17-16-15-12-3-2-4-13(15)8-7-12/h5-10,12-13,17H,2-4H2,1H3. The minimum atomic E-state index is -3.56. The first kappa shape index (κ1) is 13.4. The Bertz CT molecular complexity index is 644. The Labute approximate surface area is 119 Å². The number of hydrogen-bond acceptors (Lipinski definition) is 3. The summed E-state index contributed by atoms with van der Waals surface area (Å²) in [7, 11) is -3.56. The van der Waals surface area contributed by atoms with Crippen molar-refractivity contribution in [3.8, 4) is 0 Å². The Morgan fingerprint density at radius 2 is 1.70 bits per heavy atom. The molecule has 2 bridgehead atoms. The van der Waals surface area contributed by atoms with E-state index in [2.05, 4.69) is 22.1 Å². The molecular formula is C15H18N2O2S. The van der Waals surface area contributed by atoms with E-state index in [9.17, 15) is 8.42 Å². The van der Waals surface area contributed by atoms with Crippen LogP contribution in [-0.4, -0.2) is 14.1 Å². The minimum Gasteiger partial charge on any atom is -0.200 e. The number of allylic oxidation sites excluding steroid dienone is 2. The molecule has 0 saturated heterocycles. The van der Waals surface area contributed by atoms with Crippen LogP contribution in [0.2, 0.25) is 0 Å². The first-order chi connectivity index (χ1) is 9.56. The van der Waals surface area contributed by atoms with Crippen molar-refractivity contribution >= 4 is 15.7 Å². The van der Waals surface area contributed by atoms with Gasteiger partial charge >= 0.3 is 0 Å². The number of hydrazone groups is 1. The predicted octanol–water partition coefficient (Wildman–Crippen LogP) is 2.62. The zero-order chi connectivity index (χ0) is 14.2. The number of aryl methyl sites for hydroxylation is 1. The summed E-state index contributed by atoms with van der Waals surface area (Å²) in [6, 6.07) is 6.78. The summed E-state index contributed by atoms with van der Waals surface area (Å²) < 4.78 is 24.4. The number of rotatable bonds is 3. The van der Waals surface area contributed by atoms with Gasteiger partial charge in [0, 0.05) is 11.8 Å². The zero-order valence-corrected chi connectivity index (χ0v) is 12.2. The van der Waals surface area contributed by atoms with E-state index in [1.807, 2.05) is 6.92 Å². The average molecular weight is 290 g/mol. The van der Waals surface area contributed by atoms with Gasteiger partial charge in [0.1, 0.15) is 0 Å². The van der Waals surface area contributed by atoms with Crippen molar-refractivity contribution in [1.82, 2.24) is 4.83 Å². The van der Waals surface area contributed by atoms with E-state index in [0.717, 1.165) is 24.1 Å². The lowest BCUT2D eigenvalue weighted by atomic mass is 9.86. The number of sulfonamides is 1. The molecule has 3 rings (SSSR count). The van der Waals surface area contributed by atoms with Crippen LogP contribution in [0.1, 0.15) is 24.8 Å². The molecule has 1 N–H and O–H groups in total. The average Bonchev–Trinajstić information content (AvgIpc) is 2.65. The summed E-state index contributed by atoms with van der Waals surface area (Å²) in [5, 5.41) is 4.19. The quantitative estimate of drug-likeness (QED) is 0.687. The summed E-state index contributed by atoms with van der Waals surface area (Å²) >= 11 is 0. The molecule has 2 aliphatic rings. The predicted molar refractivity (Wildman–Crippen MR) is 78.9 cm³/mol. The van der Waals surface area contributed by atoms with Crippen LogP contribution in [0.5, 0.6) is 0 Å². The van der Waals surface area contributed by atoms with Crippen molar-refractivity contribution in [3.05, 3.63) is 42.0 Å². The second-order valence-corrected chi connectivity index (χ2v) is 7.13. The fraction of sp³-hybridized carbons (Fsp3) is 0.400. The third kappa shape index (κ3) is 2.50. The first-order valence-corrected chi connectivity index (χ1v) is 8.39. The molecule has 5 heteroatoms. The lowest BCUT2D eigenvalue weighted by Crippen LogP contribution is -2.27. The van der Waals surface area contributed by atoms with E-state index in [-0.39, 0.29) is 4.90 Å². The summed E-state index contributed by atoms with van der Waals surface area (Å²) in [4.78, 5) is 2.64. The van der Waals surface area contributed by atoms with Crippen LogP contribution in [0, 0.1) is 18.8 Å². The van der Waals surface area contributed by atoms with Crippen LogP contribution in [0.25, 0.3) is 0 Å². The minimum absolute atomic E-state index is 0.253. The molecule has 0 radical (unpaired) electrons. The largest absolute Gasteiger partial charge is 0.276 e. The molecule has 20 heavy (non-hydrogen) atoms. The van der Waals surface area contributed by atoms with Gasteiger partial charge in [0.2, 0.25) is 0 Å². The van der Waals surface area contributed by atoms with E-state index in [4.69, 9.17) is 0 Å². The molecule has 4 nitrogen and oxygen atoms in total. The Hall–Kier alpha value is -1.62. The van der Waals surface area contributed by atoms with Gasteiger partial charge in [-0.2, -0.15) is 13.5 Å². The normalized spacial score (nSPS) is 24.8. The molecule has 0 heterocycles. The second-order valence-electron chi connectivity index (χ2n) is 5.47. The maximum absolute atomic E-state index is 12.2. The third-order valence-corrected chi connectivity index (χ3v) is 5.22. The van der Waals surface area contributed by atoms with E-state index in [0.29, 0.717) is 11.8 Å². The second kappa shape index (κ2) is 5.05. The van der Waals surface area contributed by atoms with E-state index < -0.39 is 10.0 Å². The van der Waals surface area contributed by atoms with Crippen molar-refractivity contribution < 1.29 is 8.42 Å². The molecule has 2 aliphatic carbocycles. The van der Waals surface area contributed by atoms with E-state index in [1.165, 1.54) is 6.42 Å². The molecule has 1 fully saturated rings. The molecule has 0 spiro atoms. The molecule has 1 aromatic carbocycles. The van der Waals surface area contributed by atoms with Crippen LogP contribution < -0.4 is 4.83 Å². The molecule has 1 saturated carbocycles. The monoisotopic (exact) mass is 290 g/mol. The van der Waals surface area contributed by atoms with Gasteiger partial charge in [-0.15, -0.1) is 0 Å². The fourth-order valence-corrected chi connectivity index (χ4v) is 3.66. The highest BCUT2D eigenvalue weighted by molar-refractivity contribution is 7.89. The Kier molecular flexibility index (Phi) is 3.38. The molecule has 2 atom stereocenters. The maximum atomic E-state index is 12.2. The zero-order valence-electron chi connectivity index (χ0n) is 11.4. The molecule has 0 aromatic heterocycles. The Morgan fingerprint density at radius 3 is 2.30 bits per heavy atom. The highest BCUT2D eigenvalue weighted by Crippen LogP contribution is 2.34. The molecule has 0 amide bonds. The number of nitrogens with zero attached hydrogens (tertiary/aromatic N) is 1. The molecule has 2 unspecified atom stereocenters. The fourth-order valence-electron chi connectivity index (χ4n) is 2.84. The van der Waals surface area contributed by atoms with Crippen LogP contribution in [0.4, 0.5) is 0 Å². The smallest absolute Gasteiger partial charge is 0.200 e. The van der Waals surface area contributed by atoms with Gasteiger partial charge in [-0.3, -0.25) is 0 Å². The highest BCUT2D eigenvalue weighted by Gasteiger charge is 2.31. The van der Waals surface area contributed by atoms with Gasteiger partial charge in [0.25, 0.3) is 10.0 Å². The summed E-state index contributed by atoms with van der Waals surface area (Å²) in [6.07, 6.45) is 7.62. The van der Waals surface area contributed by atoms with Crippen molar-refractivity contribution in [2.24, 2.45) is 16.9 Å². The molecule has 1 aromatic rings. The highest BCUT2D eigenvalue weighted by atomic mass is 32.2.